The molecule has 0 saturated carbocycles. The molecule has 6 nitrogen and oxygen atoms in total. The van der Waals surface area contributed by atoms with Gasteiger partial charge in [0.1, 0.15) is 5.76 Å². The van der Waals surface area contributed by atoms with Gasteiger partial charge in [0.25, 0.3) is 5.56 Å². The van der Waals surface area contributed by atoms with Gasteiger partial charge in [0.05, 0.1) is 6.26 Å². The number of aromatic amines is 1. The zero-order valence-corrected chi connectivity index (χ0v) is 13.5. The summed E-state index contributed by atoms with van der Waals surface area (Å²) in [5.41, 5.74) is -0.112. The molecule has 0 aromatic carbocycles. The molecular weight excluding hydrogens is 292 g/mol. The van der Waals surface area contributed by atoms with E-state index >= 15 is 0 Å². The number of aromatic nitrogens is 2. The summed E-state index contributed by atoms with van der Waals surface area (Å²) in [5.74, 6) is 1.56. The molecule has 0 amide bonds. The van der Waals surface area contributed by atoms with Gasteiger partial charge in [-0.3, -0.25) is 4.79 Å². The maximum Gasteiger partial charge on any atom is 0.290 e. The third kappa shape index (κ3) is 4.22. The second-order valence-electron chi connectivity index (χ2n) is 6.21. The van der Waals surface area contributed by atoms with Gasteiger partial charge in [-0.1, -0.05) is 0 Å². The highest BCUT2D eigenvalue weighted by Crippen LogP contribution is 2.15. The quantitative estimate of drug-likeness (QED) is 0.852. The first-order chi connectivity index (χ1) is 11.2. The van der Waals surface area contributed by atoms with Crippen molar-refractivity contribution in [3.05, 3.63) is 46.9 Å². The Kier molecular flexibility index (Phi) is 5.12. The molecule has 2 aromatic heterocycles. The molecule has 23 heavy (non-hydrogen) atoms. The van der Waals surface area contributed by atoms with E-state index in [1.165, 1.54) is 0 Å². The lowest BCUT2D eigenvalue weighted by Crippen LogP contribution is -2.50. The van der Waals surface area contributed by atoms with E-state index < -0.39 is 0 Å². The van der Waals surface area contributed by atoms with Gasteiger partial charge in [0.15, 0.2) is 5.82 Å². The number of hydrogen-bond acceptors (Lipinski definition) is 5. The van der Waals surface area contributed by atoms with Crippen molar-refractivity contribution in [1.82, 2.24) is 15.3 Å². The molecule has 2 aromatic rings. The molecule has 2 atom stereocenters. The van der Waals surface area contributed by atoms with Gasteiger partial charge >= 0.3 is 0 Å². The van der Waals surface area contributed by atoms with E-state index in [0.29, 0.717) is 17.9 Å². The maximum atomic E-state index is 11.9. The van der Waals surface area contributed by atoms with Crippen molar-refractivity contribution in [2.45, 2.75) is 44.7 Å². The van der Waals surface area contributed by atoms with E-state index in [9.17, 15) is 4.79 Å². The van der Waals surface area contributed by atoms with Crippen LogP contribution in [0.15, 0.2) is 40.0 Å². The minimum atomic E-state index is -0.112. The molecule has 3 rings (SSSR count). The molecule has 2 N–H and O–H groups in total. The van der Waals surface area contributed by atoms with Gasteiger partial charge in [-0.15, -0.1) is 0 Å². The van der Waals surface area contributed by atoms with E-state index in [0.717, 1.165) is 44.5 Å². The smallest absolute Gasteiger partial charge is 0.290 e. The van der Waals surface area contributed by atoms with Gasteiger partial charge in [0.2, 0.25) is 0 Å². The average Bonchev–Trinajstić information content (AvgIpc) is 3.07. The summed E-state index contributed by atoms with van der Waals surface area (Å²) < 4.78 is 5.38. The van der Waals surface area contributed by atoms with Gasteiger partial charge in [-0.05, 0) is 38.3 Å². The highest BCUT2D eigenvalue weighted by atomic mass is 16.3. The van der Waals surface area contributed by atoms with Gasteiger partial charge in [-0.2, -0.15) is 0 Å². The molecule has 1 aliphatic heterocycles. The summed E-state index contributed by atoms with van der Waals surface area (Å²) in [6.07, 6.45) is 9.11. The minimum Gasteiger partial charge on any atom is -0.469 e. The van der Waals surface area contributed by atoms with Crippen LogP contribution in [0.2, 0.25) is 0 Å². The first-order valence-electron chi connectivity index (χ1n) is 8.29. The second-order valence-corrected chi connectivity index (χ2v) is 6.21. The predicted molar refractivity (Wildman–Crippen MR) is 89.7 cm³/mol. The third-order valence-corrected chi connectivity index (χ3v) is 4.33. The molecule has 3 heterocycles. The normalized spacial score (nSPS) is 19.7. The van der Waals surface area contributed by atoms with Gasteiger partial charge < -0.3 is 19.6 Å². The number of H-pyrrole nitrogens is 1. The van der Waals surface area contributed by atoms with Crippen LogP contribution in [0.4, 0.5) is 5.82 Å². The summed E-state index contributed by atoms with van der Waals surface area (Å²) >= 11 is 0. The molecule has 124 valence electrons. The molecule has 1 aliphatic rings. The van der Waals surface area contributed by atoms with Crippen molar-refractivity contribution in [2.75, 3.05) is 18.0 Å². The molecule has 0 spiro atoms. The Morgan fingerprint density at radius 3 is 3.26 bits per heavy atom. The topological polar surface area (TPSA) is 74.2 Å². The zero-order chi connectivity index (χ0) is 16.1. The Hall–Kier alpha value is -2.08. The molecular formula is C17H24N4O2. The van der Waals surface area contributed by atoms with Crippen molar-refractivity contribution in [1.29, 1.82) is 0 Å². The molecule has 0 bridgehead atoms. The predicted octanol–water partition coefficient (Wildman–Crippen LogP) is 1.94. The van der Waals surface area contributed by atoms with Crippen LogP contribution in [0, 0.1) is 0 Å². The van der Waals surface area contributed by atoms with E-state index in [2.05, 4.69) is 27.1 Å². The number of anilines is 1. The molecule has 0 aliphatic carbocycles. The Bertz CT molecular complexity index is 653. The fraction of sp³-hybridized carbons (Fsp3) is 0.529. The fourth-order valence-electron chi connectivity index (χ4n) is 3.17. The standard InChI is InChI=1S/C17H24N4O2/c1-13(6-7-15-5-3-11-23-15)20-14-4-2-10-21(12-14)16-17(22)19-9-8-18-16/h3,5,8-9,11,13-14,20H,2,4,6-7,10,12H2,1H3,(H,19,22). The number of furan rings is 1. The summed E-state index contributed by atoms with van der Waals surface area (Å²) in [6.45, 7) is 3.92. The number of rotatable bonds is 6. The van der Waals surface area contributed by atoms with Gasteiger partial charge in [-0.25, -0.2) is 4.98 Å². The van der Waals surface area contributed by atoms with Gasteiger partial charge in [0, 0.05) is 44.0 Å². The van der Waals surface area contributed by atoms with Crippen molar-refractivity contribution in [3.63, 3.8) is 0 Å². The van der Waals surface area contributed by atoms with Crippen LogP contribution in [-0.4, -0.2) is 35.1 Å². The molecule has 1 saturated heterocycles. The zero-order valence-electron chi connectivity index (χ0n) is 13.5. The second kappa shape index (κ2) is 7.46. The van der Waals surface area contributed by atoms with Crippen molar-refractivity contribution in [2.24, 2.45) is 0 Å². The molecule has 6 heteroatoms. The van der Waals surface area contributed by atoms with E-state index in [-0.39, 0.29) is 5.56 Å². The number of nitrogens with one attached hydrogen (secondary N) is 2. The highest BCUT2D eigenvalue weighted by Gasteiger charge is 2.23. The Morgan fingerprint density at radius 2 is 2.48 bits per heavy atom. The van der Waals surface area contributed by atoms with E-state index in [1.807, 2.05) is 12.1 Å². The Morgan fingerprint density at radius 1 is 1.57 bits per heavy atom. The Balaban J connectivity index is 1.52. The SMILES string of the molecule is CC(CCc1ccco1)NC1CCCN(c2ncc[nH]c2=O)C1. The fourth-order valence-corrected chi connectivity index (χ4v) is 3.17. The summed E-state index contributed by atoms with van der Waals surface area (Å²) in [6, 6.07) is 4.74. The van der Waals surface area contributed by atoms with Crippen molar-refractivity contribution < 1.29 is 4.42 Å². The van der Waals surface area contributed by atoms with Crippen LogP contribution in [0.5, 0.6) is 0 Å². The van der Waals surface area contributed by atoms with Crippen LogP contribution in [-0.2, 0) is 6.42 Å². The maximum absolute atomic E-state index is 11.9. The summed E-state index contributed by atoms with van der Waals surface area (Å²) in [5, 5.41) is 3.68. The monoisotopic (exact) mass is 316 g/mol. The molecule has 1 fully saturated rings. The van der Waals surface area contributed by atoms with Crippen LogP contribution >= 0.6 is 0 Å². The summed E-state index contributed by atoms with van der Waals surface area (Å²) in [4.78, 5) is 20.9. The lowest BCUT2D eigenvalue weighted by Gasteiger charge is -2.35. The number of nitrogens with zero attached hydrogens (tertiary/aromatic N) is 2. The largest absolute Gasteiger partial charge is 0.469 e. The van der Waals surface area contributed by atoms with E-state index in [1.54, 1.807) is 18.7 Å². The third-order valence-electron chi connectivity index (χ3n) is 4.33. The number of piperidine rings is 1. The van der Waals surface area contributed by atoms with Crippen LogP contribution in [0.3, 0.4) is 0 Å². The average molecular weight is 316 g/mol. The van der Waals surface area contributed by atoms with Crippen molar-refractivity contribution >= 4 is 5.82 Å². The lowest BCUT2D eigenvalue weighted by molar-refractivity contribution is 0.366. The minimum absolute atomic E-state index is 0.112. The first kappa shape index (κ1) is 15.8. The Labute approximate surface area is 135 Å². The van der Waals surface area contributed by atoms with E-state index in [4.69, 9.17) is 4.42 Å². The number of hydrogen-bond donors (Lipinski definition) is 2. The molecule has 2 unspecified atom stereocenters. The van der Waals surface area contributed by atoms with Crippen LogP contribution in [0.1, 0.15) is 31.9 Å². The highest BCUT2D eigenvalue weighted by molar-refractivity contribution is 5.36. The first-order valence-corrected chi connectivity index (χ1v) is 8.29. The van der Waals surface area contributed by atoms with Crippen LogP contribution < -0.4 is 15.8 Å². The molecule has 0 radical (unpaired) electrons. The van der Waals surface area contributed by atoms with Crippen LogP contribution in [0.25, 0.3) is 0 Å². The number of aryl methyl sites for hydroxylation is 1. The summed E-state index contributed by atoms with van der Waals surface area (Å²) in [7, 11) is 0. The van der Waals surface area contributed by atoms with Crippen molar-refractivity contribution in [3.8, 4) is 0 Å². The lowest BCUT2D eigenvalue weighted by atomic mass is 10.0.